The average Bonchev–Trinajstić information content (AvgIpc) is 3.05. The smallest absolute Gasteiger partial charge is 0.191 e. The van der Waals surface area contributed by atoms with Gasteiger partial charge in [0.25, 0.3) is 0 Å². The summed E-state index contributed by atoms with van der Waals surface area (Å²) in [6.45, 7) is 12.6. The molecule has 2 heterocycles. The Morgan fingerprint density at radius 3 is 2.62 bits per heavy atom. The predicted octanol–water partition coefficient (Wildman–Crippen LogP) is 0.873. The molecule has 6 heteroatoms. The molecule has 0 radical (unpaired) electrons. The lowest BCUT2D eigenvalue weighted by Gasteiger charge is -2.29. The maximum Gasteiger partial charge on any atom is 0.191 e. The molecule has 0 aromatic rings. The number of aliphatic hydroxyl groups is 1. The van der Waals surface area contributed by atoms with Crippen molar-refractivity contribution >= 4 is 5.96 Å². The van der Waals surface area contributed by atoms with E-state index in [1.165, 1.54) is 19.4 Å². The van der Waals surface area contributed by atoms with Crippen molar-refractivity contribution in [2.75, 3.05) is 52.4 Å². The zero-order chi connectivity index (χ0) is 17.2. The van der Waals surface area contributed by atoms with Crippen LogP contribution in [0.2, 0.25) is 0 Å². The molecular weight excluding hydrogens is 302 g/mol. The Morgan fingerprint density at radius 1 is 1.12 bits per heavy atom. The molecular formula is C18H37N5O. The summed E-state index contributed by atoms with van der Waals surface area (Å²) in [5.41, 5.74) is 0. The molecule has 0 saturated carbocycles. The first-order valence-corrected chi connectivity index (χ1v) is 9.89. The third-order valence-electron chi connectivity index (χ3n) is 5.21. The molecule has 2 saturated heterocycles. The minimum Gasteiger partial charge on any atom is -0.393 e. The van der Waals surface area contributed by atoms with Crippen molar-refractivity contribution in [3.63, 3.8) is 0 Å². The Morgan fingerprint density at radius 2 is 1.92 bits per heavy atom. The number of nitrogens with zero attached hydrogens (tertiary/aromatic N) is 3. The van der Waals surface area contributed by atoms with Crippen LogP contribution in [0.25, 0.3) is 0 Å². The predicted molar refractivity (Wildman–Crippen MR) is 101 cm³/mol. The summed E-state index contributed by atoms with van der Waals surface area (Å²) in [5, 5.41) is 16.4. The second-order valence-electron chi connectivity index (χ2n) is 7.00. The third-order valence-corrected chi connectivity index (χ3v) is 5.21. The van der Waals surface area contributed by atoms with Crippen molar-refractivity contribution < 1.29 is 5.11 Å². The molecule has 0 bridgehead atoms. The molecule has 24 heavy (non-hydrogen) atoms. The average molecular weight is 340 g/mol. The Bertz CT molecular complexity index is 368. The van der Waals surface area contributed by atoms with Gasteiger partial charge in [0.05, 0.1) is 12.6 Å². The van der Waals surface area contributed by atoms with E-state index in [-0.39, 0.29) is 6.10 Å². The molecule has 3 N–H and O–H groups in total. The number of aliphatic hydroxyl groups excluding tert-OH is 1. The lowest BCUT2D eigenvalue weighted by atomic mass is 10.1. The van der Waals surface area contributed by atoms with Crippen molar-refractivity contribution in [3.8, 4) is 0 Å². The van der Waals surface area contributed by atoms with Gasteiger partial charge in [0, 0.05) is 32.2 Å². The van der Waals surface area contributed by atoms with E-state index in [4.69, 9.17) is 4.99 Å². The van der Waals surface area contributed by atoms with Crippen LogP contribution >= 0.6 is 0 Å². The van der Waals surface area contributed by atoms with E-state index in [1.807, 2.05) is 0 Å². The monoisotopic (exact) mass is 339 g/mol. The zero-order valence-corrected chi connectivity index (χ0v) is 15.6. The zero-order valence-electron chi connectivity index (χ0n) is 15.6. The summed E-state index contributed by atoms with van der Waals surface area (Å²) in [5.74, 6) is 0.953. The summed E-state index contributed by atoms with van der Waals surface area (Å²) < 4.78 is 0. The van der Waals surface area contributed by atoms with Gasteiger partial charge in [-0.25, -0.2) is 0 Å². The fourth-order valence-electron chi connectivity index (χ4n) is 3.71. The van der Waals surface area contributed by atoms with E-state index in [1.54, 1.807) is 0 Å². The van der Waals surface area contributed by atoms with Gasteiger partial charge in [0.2, 0.25) is 0 Å². The number of piperidine rings is 1. The van der Waals surface area contributed by atoms with Crippen LogP contribution in [0.3, 0.4) is 0 Å². The fourth-order valence-corrected chi connectivity index (χ4v) is 3.71. The number of hydrogen-bond donors (Lipinski definition) is 3. The largest absolute Gasteiger partial charge is 0.393 e. The van der Waals surface area contributed by atoms with Gasteiger partial charge in [-0.3, -0.25) is 9.89 Å². The molecule has 2 aliphatic heterocycles. The van der Waals surface area contributed by atoms with Crippen LogP contribution in [-0.2, 0) is 0 Å². The van der Waals surface area contributed by atoms with Crippen LogP contribution in [0.4, 0.5) is 0 Å². The first-order valence-electron chi connectivity index (χ1n) is 9.89. The second-order valence-corrected chi connectivity index (χ2v) is 7.00. The molecule has 0 spiro atoms. The summed E-state index contributed by atoms with van der Waals surface area (Å²) >= 11 is 0. The third kappa shape index (κ3) is 6.57. The number of guanidine groups is 1. The van der Waals surface area contributed by atoms with Gasteiger partial charge in [-0.15, -0.1) is 0 Å². The molecule has 1 atom stereocenters. The van der Waals surface area contributed by atoms with E-state index < -0.39 is 0 Å². The molecule has 0 aromatic heterocycles. The summed E-state index contributed by atoms with van der Waals surface area (Å²) in [6, 6.07) is 0.616. The van der Waals surface area contributed by atoms with E-state index in [0.29, 0.717) is 6.04 Å². The molecule has 2 rings (SSSR count). The SMILES string of the molecule is CCNC(=NCC1CCCN1CC)NCCCN1CCC(O)CC1. The summed E-state index contributed by atoms with van der Waals surface area (Å²) in [7, 11) is 0. The Balaban J connectivity index is 1.65. The highest BCUT2D eigenvalue weighted by molar-refractivity contribution is 5.79. The topological polar surface area (TPSA) is 63.1 Å². The lowest BCUT2D eigenvalue weighted by Crippen LogP contribution is -2.41. The number of aliphatic imine (C=N–C) groups is 1. The van der Waals surface area contributed by atoms with Crippen molar-refractivity contribution in [2.24, 2.45) is 4.99 Å². The van der Waals surface area contributed by atoms with Crippen molar-refractivity contribution in [1.29, 1.82) is 0 Å². The molecule has 0 aliphatic carbocycles. The van der Waals surface area contributed by atoms with Gasteiger partial charge in [0.1, 0.15) is 0 Å². The van der Waals surface area contributed by atoms with Crippen LogP contribution in [0.15, 0.2) is 4.99 Å². The maximum atomic E-state index is 9.55. The normalized spacial score (nSPS) is 24.5. The van der Waals surface area contributed by atoms with Gasteiger partial charge in [-0.2, -0.15) is 0 Å². The first-order chi connectivity index (χ1) is 11.7. The van der Waals surface area contributed by atoms with Crippen molar-refractivity contribution in [3.05, 3.63) is 0 Å². The van der Waals surface area contributed by atoms with Gasteiger partial charge in [0.15, 0.2) is 5.96 Å². The standard InChI is InChI=1S/C18H37N5O/c1-3-19-18(21-15-16-7-5-12-23(16)4-2)20-10-6-11-22-13-8-17(24)9-14-22/h16-17,24H,3-15H2,1-2H3,(H2,19,20,21). The quantitative estimate of drug-likeness (QED) is 0.348. The van der Waals surface area contributed by atoms with Crippen LogP contribution in [0, 0.1) is 0 Å². The van der Waals surface area contributed by atoms with Crippen LogP contribution in [0.5, 0.6) is 0 Å². The molecule has 1 unspecified atom stereocenters. The Labute approximate surface area is 147 Å². The molecule has 0 amide bonds. The highest BCUT2D eigenvalue weighted by Crippen LogP contribution is 2.16. The van der Waals surface area contributed by atoms with Gasteiger partial charge < -0.3 is 20.6 Å². The lowest BCUT2D eigenvalue weighted by molar-refractivity contribution is 0.0823. The van der Waals surface area contributed by atoms with Gasteiger partial charge >= 0.3 is 0 Å². The van der Waals surface area contributed by atoms with Crippen molar-refractivity contribution in [1.82, 2.24) is 20.4 Å². The highest BCUT2D eigenvalue weighted by atomic mass is 16.3. The van der Waals surface area contributed by atoms with E-state index in [9.17, 15) is 5.11 Å². The number of rotatable bonds is 8. The first kappa shape index (κ1) is 19.5. The minimum atomic E-state index is -0.0786. The number of likely N-dealkylation sites (tertiary alicyclic amines) is 2. The van der Waals surface area contributed by atoms with Gasteiger partial charge in [-0.05, 0) is 58.7 Å². The molecule has 2 aliphatic rings. The van der Waals surface area contributed by atoms with E-state index in [0.717, 1.165) is 71.0 Å². The second kappa shape index (κ2) is 10.9. The minimum absolute atomic E-state index is 0.0786. The summed E-state index contributed by atoms with van der Waals surface area (Å²) in [4.78, 5) is 9.79. The van der Waals surface area contributed by atoms with Crippen molar-refractivity contribution in [2.45, 2.75) is 58.1 Å². The Hall–Kier alpha value is -0.850. The number of nitrogens with one attached hydrogen (secondary N) is 2. The molecule has 140 valence electrons. The van der Waals surface area contributed by atoms with Gasteiger partial charge in [-0.1, -0.05) is 6.92 Å². The maximum absolute atomic E-state index is 9.55. The number of likely N-dealkylation sites (N-methyl/N-ethyl adjacent to an activating group) is 1. The Kier molecular flexibility index (Phi) is 8.84. The summed E-state index contributed by atoms with van der Waals surface area (Å²) in [6.07, 6.45) is 5.47. The van der Waals surface area contributed by atoms with E-state index >= 15 is 0 Å². The number of hydrogen-bond acceptors (Lipinski definition) is 4. The molecule has 2 fully saturated rings. The fraction of sp³-hybridized carbons (Fsp3) is 0.944. The van der Waals surface area contributed by atoms with Crippen LogP contribution in [-0.4, -0.2) is 85.4 Å². The van der Waals surface area contributed by atoms with E-state index in [2.05, 4.69) is 34.3 Å². The van der Waals surface area contributed by atoms with Crippen LogP contribution < -0.4 is 10.6 Å². The molecule has 0 aromatic carbocycles. The highest BCUT2D eigenvalue weighted by Gasteiger charge is 2.22. The molecule has 6 nitrogen and oxygen atoms in total. The van der Waals surface area contributed by atoms with Crippen LogP contribution in [0.1, 0.15) is 46.0 Å².